The van der Waals surface area contributed by atoms with Crippen molar-refractivity contribution < 1.29 is 26.0 Å². The van der Waals surface area contributed by atoms with E-state index in [1.807, 2.05) is 6.92 Å². The summed E-state index contributed by atoms with van der Waals surface area (Å²) in [6, 6.07) is 9.29. The predicted octanol–water partition coefficient (Wildman–Crippen LogP) is 2.70. The van der Waals surface area contributed by atoms with Crippen molar-refractivity contribution in [3.63, 3.8) is 0 Å². The summed E-state index contributed by atoms with van der Waals surface area (Å²) in [5.41, 5.74) is 0.249. The van der Waals surface area contributed by atoms with Crippen molar-refractivity contribution in [3.8, 4) is 0 Å². The number of hydrogen-bond acceptors (Lipinski definition) is 5. The summed E-state index contributed by atoms with van der Waals surface area (Å²) < 4.78 is 67.6. The van der Waals surface area contributed by atoms with E-state index in [1.54, 1.807) is 0 Å². The molecule has 0 bridgehead atoms. The number of carbonyl (C=O) groups excluding carboxylic acids is 1. The van der Waals surface area contributed by atoms with Crippen molar-refractivity contribution in [2.45, 2.75) is 48.4 Å². The zero-order valence-electron chi connectivity index (χ0n) is 17.6. The Balaban J connectivity index is 1.76. The third-order valence-electron chi connectivity index (χ3n) is 5.16. The topological polar surface area (TPSA) is 113 Å². The molecule has 1 aliphatic rings. The number of nitrogens with zero attached hydrogens (tertiary/aromatic N) is 1. The lowest BCUT2D eigenvalue weighted by molar-refractivity contribution is -0.119. The summed E-state index contributed by atoms with van der Waals surface area (Å²) in [6.07, 6.45) is 2.37. The third kappa shape index (κ3) is 5.52. The Bertz CT molecular complexity index is 1170. The molecule has 32 heavy (non-hydrogen) atoms. The number of anilines is 1. The van der Waals surface area contributed by atoms with Crippen LogP contribution in [0.25, 0.3) is 0 Å². The molecule has 2 aromatic rings. The van der Waals surface area contributed by atoms with Crippen molar-refractivity contribution in [2.24, 2.45) is 0 Å². The Hall–Kier alpha value is -2.34. The van der Waals surface area contributed by atoms with E-state index in [2.05, 4.69) is 10.0 Å². The van der Waals surface area contributed by atoms with Crippen LogP contribution >= 0.6 is 0 Å². The first kappa shape index (κ1) is 24.3. The molecule has 2 aromatic carbocycles. The van der Waals surface area contributed by atoms with E-state index in [0.29, 0.717) is 25.8 Å². The van der Waals surface area contributed by atoms with Crippen molar-refractivity contribution in [1.82, 2.24) is 9.03 Å². The molecule has 1 amide bonds. The van der Waals surface area contributed by atoms with E-state index in [4.69, 9.17) is 0 Å². The first-order chi connectivity index (χ1) is 15.1. The van der Waals surface area contributed by atoms with Crippen molar-refractivity contribution in [1.29, 1.82) is 0 Å². The molecule has 0 aliphatic carbocycles. The van der Waals surface area contributed by atoms with Gasteiger partial charge in [0.1, 0.15) is 11.9 Å². The normalized spacial score (nSPS) is 17.4. The van der Waals surface area contributed by atoms with Gasteiger partial charge in [-0.1, -0.05) is 19.4 Å². The second-order valence-electron chi connectivity index (χ2n) is 7.50. The molecule has 1 atom stereocenters. The predicted molar refractivity (Wildman–Crippen MR) is 118 cm³/mol. The number of unbranched alkanes of at least 4 members (excludes halogenated alkanes) is 1. The van der Waals surface area contributed by atoms with Crippen LogP contribution in [0.2, 0.25) is 0 Å². The maximum atomic E-state index is 13.2. The summed E-state index contributed by atoms with van der Waals surface area (Å²) in [7, 11) is -7.71. The maximum absolute atomic E-state index is 13.2. The molecular formula is C21H26FN3O5S2. The zero-order chi connectivity index (χ0) is 23.4. The number of rotatable bonds is 9. The number of hydrogen-bond donors (Lipinski definition) is 2. The Labute approximate surface area is 187 Å². The van der Waals surface area contributed by atoms with Gasteiger partial charge in [0.2, 0.25) is 26.0 Å². The molecule has 0 spiro atoms. The van der Waals surface area contributed by atoms with E-state index in [9.17, 15) is 26.0 Å². The standard InChI is InChI=1S/C21H26FN3O5S2/c1-2-3-13-23-31(27,28)19-7-4-6-17(15-19)24-21(26)20-8-5-14-25(20)32(29,30)18-11-9-16(22)10-12-18/h4,6-7,9-12,15,20,23H,2-3,5,8,13-14H2,1H3,(H,24,26). The van der Waals surface area contributed by atoms with Gasteiger partial charge < -0.3 is 5.32 Å². The minimum atomic E-state index is -3.99. The molecule has 1 aliphatic heterocycles. The summed E-state index contributed by atoms with van der Waals surface area (Å²) >= 11 is 0. The summed E-state index contributed by atoms with van der Waals surface area (Å²) in [6.45, 7) is 2.42. The van der Waals surface area contributed by atoms with Crippen LogP contribution in [0, 0.1) is 5.82 Å². The fraction of sp³-hybridized carbons (Fsp3) is 0.381. The van der Waals surface area contributed by atoms with Crippen LogP contribution in [0.15, 0.2) is 58.3 Å². The molecule has 1 saturated heterocycles. The quantitative estimate of drug-likeness (QED) is 0.533. The molecule has 1 fully saturated rings. The van der Waals surface area contributed by atoms with Crippen molar-refractivity contribution in [3.05, 3.63) is 54.3 Å². The van der Waals surface area contributed by atoms with Crippen LogP contribution in [0.5, 0.6) is 0 Å². The summed E-state index contributed by atoms with van der Waals surface area (Å²) in [5.74, 6) is -1.11. The Morgan fingerprint density at radius 3 is 2.50 bits per heavy atom. The number of halogens is 1. The van der Waals surface area contributed by atoms with Gasteiger partial charge in [-0.2, -0.15) is 4.31 Å². The molecule has 8 nitrogen and oxygen atoms in total. The van der Waals surface area contributed by atoms with Gasteiger partial charge in [0.25, 0.3) is 0 Å². The fourth-order valence-electron chi connectivity index (χ4n) is 3.47. The van der Waals surface area contributed by atoms with Crippen molar-refractivity contribution >= 4 is 31.6 Å². The number of carbonyl (C=O) groups is 1. The van der Waals surface area contributed by atoms with E-state index in [1.165, 1.54) is 24.3 Å². The lowest BCUT2D eigenvalue weighted by atomic mass is 10.2. The summed E-state index contributed by atoms with van der Waals surface area (Å²) in [4.78, 5) is 12.8. The van der Waals surface area contributed by atoms with Gasteiger partial charge >= 0.3 is 0 Å². The number of sulfonamides is 2. The molecule has 0 aromatic heterocycles. The minimum absolute atomic E-state index is 0.00798. The first-order valence-electron chi connectivity index (χ1n) is 10.3. The van der Waals surface area contributed by atoms with E-state index in [0.717, 1.165) is 35.0 Å². The molecule has 0 radical (unpaired) electrons. The Morgan fingerprint density at radius 2 is 1.81 bits per heavy atom. The molecule has 1 heterocycles. The van der Waals surface area contributed by atoms with Gasteiger partial charge in [-0.25, -0.2) is 25.9 Å². The molecule has 1 unspecified atom stereocenters. The van der Waals surface area contributed by atoms with Gasteiger partial charge in [0.15, 0.2) is 0 Å². The smallest absolute Gasteiger partial charge is 0.243 e. The van der Waals surface area contributed by atoms with Gasteiger partial charge in [-0.15, -0.1) is 0 Å². The maximum Gasteiger partial charge on any atom is 0.243 e. The van der Waals surface area contributed by atoms with E-state index in [-0.39, 0.29) is 22.0 Å². The van der Waals surface area contributed by atoms with Crippen LogP contribution in [0.1, 0.15) is 32.6 Å². The Kier molecular flexibility index (Phi) is 7.65. The largest absolute Gasteiger partial charge is 0.325 e. The zero-order valence-corrected chi connectivity index (χ0v) is 19.3. The average molecular weight is 484 g/mol. The molecule has 2 N–H and O–H groups in total. The molecular weight excluding hydrogens is 457 g/mol. The molecule has 174 valence electrons. The van der Waals surface area contributed by atoms with Crippen LogP contribution in [0.3, 0.4) is 0 Å². The average Bonchev–Trinajstić information content (AvgIpc) is 3.25. The minimum Gasteiger partial charge on any atom is -0.325 e. The van der Waals surface area contributed by atoms with Crippen LogP contribution in [-0.2, 0) is 24.8 Å². The van der Waals surface area contributed by atoms with Crippen LogP contribution < -0.4 is 10.0 Å². The van der Waals surface area contributed by atoms with Crippen LogP contribution in [0.4, 0.5) is 10.1 Å². The van der Waals surface area contributed by atoms with Gasteiger partial charge in [0.05, 0.1) is 9.79 Å². The first-order valence-corrected chi connectivity index (χ1v) is 13.3. The van der Waals surface area contributed by atoms with Gasteiger partial charge in [0, 0.05) is 18.8 Å². The second kappa shape index (κ2) is 10.1. The number of benzene rings is 2. The van der Waals surface area contributed by atoms with Gasteiger partial charge in [-0.3, -0.25) is 4.79 Å². The number of nitrogens with one attached hydrogen (secondary N) is 2. The Morgan fingerprint density at radius 1 is 1.09 bits per heavy atom. The van der Waals surface area contributed by atoms with Gasteiger partial charge in [-0.05, 0) is 61.7 Å². The lowest BCUT2D eigenvalue weighted by Crippen LogP contribution is -2.43. The number of amides is 1. The monoisotopic (exact) mass is 483 g/mol. The molecule has 11 heteroatoms. The highest BCUT2D eigenvalue weighted by Crippen LogP contribution is 2.27. The fourth-order valence-corrected chi connectivity index (χ4v) is 6.24. The van der Waals surface area contributed by atoms with Crippen LogP contribution in [-0.4, -0.2) is 46.2 Å². The SMILES string of the molecule is CCCCNS(=O)(=O)c1cccc(NC(=O)C2CCCN2S(=O)(=O)c2ccc(F)cc2)c1. The van der Waals surface area contributed by atoms with E-state index < -0.39 is 37.8 Å². The highest BCUT2D eigenvalue weighted by Gasteiger charge is 2.39. The second-order valence-corrected chi connectivity index (χ2v) is 11.2. The van der Waals surface area contributed by atoms with Crippen molar-refractivity contribution in [2.75, 3.05) is 18.4 Å². The van der Waals surface area contributed by atoms with E-state index >= 15 is 0 Å². The highest BCUT2D eigenvalue weighted by atomic mass is 32.2. The lowest BCUT2D eigenvalue weighted by Gasteiger charge is -2.23. The summed E-state index contributed by atoms with van der Waals surface area (Å²) in [5, 5.41) is 2.63. The third-order valence-corrected chi connectivity index (χ3v) is 8.54. The molecule has 3 rings (SSSR count). The highest BCUT2D eigenvalue weighted by molar-refractivity contribution is 7.89. The molecule has 0 saturated carbocycles.